The second kappa shape index (κ2) is 11.4. The summed E-state index contributed by atoms with van der Waals surface area (Å²) in [6, 6.07) is 16.0. The monoisotopic (exact) mass is 478 g/mol. The molecule has 4 rings (SSSR count). The molecular weight excluding hydrogens is 444 g/mol. The first-order valence-corrected chi connectivity index (χ1v) is 12.5. The largest absolute Gasteiger partial charge is 0.481 e. The average Bonchev–Trinajstić information content (AvgIpc) is 3.47. The Kier molecular flexibility index (Phi) is 8.06. The van der Waals surface area contributed by atoms with Gasteiger partial charge in [-0.2, -0.15) is 0 Å². The molecule has 3 N–H and O–H groups in total. The molecule has 2 aromatic carbocycles. The molecule has 35 heavy (non-hydrogen) atoms. The minimum atomic E-state index is -0.943. The smallest absolute Gasteiger partial charge is 0.407 e. The third-order valence-corrected chi connectivity index (χ3v) is 7.25. The van der Waals surface area contributed by atoms with Crippen molar-refractivity contribution in [1.82, 2.24) is 10.6 Å². The molecule has 7 nitrogen and oxygen atoms in total. The van der Waals surface area contributed by atoms with Crippen LogP contribution in [0, 0.1) is 11.8 Å². The average molecular weight is 479 g/mol. The number of rotatable bonds is 10. The van der Waals surface area contributed by atoms with E-state index in [-0.39, 0.29) is 37.2 Å². The second-order valence-corrected chi connectivity index (χ2v) is 9.78. The molecule has 0 saturated heterocycles. The van der Waals surface area contributed by atoms with Gasteiger partial charge in [-0.05, 0) is 41.0 Å². The molecule has 2 aromatic rings. The highest BCUT2D eigenvalue weighted by atomic mass is 16.5. The van der Waals surface area contributed by atoms with Gasteiger partial charge in [0.05, 0.1) is 6.42 Å². The van der Waals surface area contributed by atoms with Gasteiger partial charge in [-0.25, -0.2) is 4.79 Å². The van der Waals surface area contributed by atoms with E-state index in [1.165, 1.54) is 11.1 Å². The number of carbonyl (C=O) groups is 3. The van der Waals surface area contributed by atoms with Crippen LogP contribution in [-0.2, 0) is 14.3 Å². The van der Waals surface area contributed by atoms with E-state index in [1.807, 2.05) is 24.3 Å². The lowest BCUT2D eigenvalue weighted by atomic mass is 9.87. The van der Waals surface area contributed by atoms with Gasteiger partial charge in [-0.3, -0.25) is 9.59 Å². The lowest BCUT2D eigenvalue weighted by molar-refractivity contribution is -0.137. The normalized spacial score (nSPS) is 16.7. The summed E-state index contributed by atoms with van der Waals surface area (Å²) in [7, 11) is 0. The third-order valence-electron chi connectivity index (χ3n) is 7.25. The van der Waals surface area contributed by atoms with Crippen molar-refractivity contribution in [3.63, 3.8) is 0 Å². The first-order valence-electron chi connectivity index (χ1n) is 12.5. The highest BCUT2D eigenvalue weighted by Crippen LogP contribution is 2.44. The summed E-state index contributed by atoms with van der Waals surface area (Å²) in [5, 5.41) is 14.6. The van der Waals surface area contributed by atoms with Crippen LogP contribution in [0.5, 0.6) is 0 Å². The molecule has 0 bridgehead atoms. The Morgan fingerprint density at radius 3 is 2.17 bits per heavy atom. The Morgan fingerprint density at radius 1 is 0.971 bits per heavy atom. The quantitative estimate of drug-likeness (QED) is 0.459. The maximum atomic E-state index is 12.6. The van der Waals surface area contributed by atoms with Crippen LogP contribution < -0.4 is 10.6 Å². The van der Waals surface area contributed by atoms with Crippen molar-refractivity contribution in [2.75, 3.05) is 13.2 Å². The van der Waals surface area contributed by atoms with Crippen molar-refractivity contribution in [1.29, 1.82) is 0 Å². The van der Waals surface area contributed by atoms with Crippen molar-refractivity contribution >= 4 is 18.0 Å². The Hall–Kier alpha value is -3.35. The van der Waals surface area contributed by atoms with Gasteiger partial charge >= 0.3 is 12.1 Å². The molecule has 1 fully saturated rings. The van der Waals surface area contributed by atoms with Gasteiger partial charge in [-0.15, -0.1) is 0 Å². The number of fused-ring (bicyclic) bond motifs is 3. The van der Waals surface area contributed by atoms with E-state index in [0.717, 1.165) is 36.8 Å². The number of hydrogen-bond acceptors (Lipinski definition) is 4. The number of alkyl carbamates (subject to hydrolysis) is 1. The Labute approximate surface area is 206 Å². The van der Waals surface area contributed by atoms with Crippen molar-refractivity contribution in [3.8, 4) is 11.1 Å². The number of benzene rings is 2. The zero-order valence-electron chi connectivity index (χ0n) is 20.2. The van der Waals surface area contributed by atoms with Crippen LogP contribution in [0.3, 0.4) is 0 Å². The Balaban J connectivity index is 1.32. The number of carboxylic acid groups (broad SMARTS) is 1. The number of hydrogen-bond donors (Lipinski definition) is 3. The summed E-state index contributed by atoms with van der Waals surface area (Å²) in [5.74, 6) is -0.758. The van der Waals surface area contributed by atoms with Crippen LogP contribution in [-0.4, -0.2) is 42.3 Å². The lowest BCUT2D eigenvalue weighted by Crippen LogP contribution is -2.39. The second-order valence-electron chi connectivity index (χ2n) is 9.78. The molecule has 0 radical (unpaired) electrons. The molecule has 2 amide bonds. The number of nitrogens with one attached hydrogen (secondary N) is 2. The summed E-state index contributed by atoms with van der Waals surface area (Å²) in [6.07, 6.45) is 4.00. The van der Waals surface area contributed by atoms with Gasteiger partial charge in [0.25, 0.3) is 0 Å². The molecule has 1 unspecified atom stereocenters. The van der Waals surface area contributed by atoms with E-state index in [9.17, 15) is 14.4 Å². The van der Waals surface area contributed by atoms with Crippen LogP contribution in [0.15, 0.2) is 48.5 Å². The Morgan fingerprint density at radius 2 is 1.57 bits per heavy atom. The maximum absolute atomic E-state index is 12.6. The number of aliphatic carboxylic acids is 1. The van der Waals surface area contributed by atoms with E-state index in [0.29, 0.717) is 12.5 Å². The summed E-state index contributed by atoms with van der Waals surface area (Å²) in [6.45, 7) is 2.30. The third kappa shape index (κ3) is 6.21. The molecule has 0 heterocycles. The molecule has 2 aliphatic rings. The highest BCUT2D eigenvalue weighted by molar-refractivity contribution is 5.79. The van der Waals surface area contributed by atoms with Crippen LogP contribution in [0.25, 0.3) is 11.1 Å². The first kappa shape index (κ1) is 24.8. The zero-order chi connectivity index (χ0) is 24.8. The summed E-state index contributed by atoms with van der Waals surface area (Å²) >= 11 is 0. The Bertz CT molecular complexity index is 1020. The van der Waals surface area contributed by atoms with Crippen molar-refractivity contribution in [3.05, 3.63) is 59.7 Å². The molecule has 0 aromatic heterocycles. The number of carboxylic acids is 1. The molecule has 186 valence electrons. The number of ether oxygens (including phenoxy) is 1. The molecule has 0 aliphatic heterocycles. The van der Waals surface area contributed by atoms with Crippen molar-refractivity contribution in [2.45, 2.75) is 57.4 Å². The van der Waals surface area contributed by atoms with E-state index >= 15 is 0 Å². The lowest BCUT2D eigenvalue weighted by Gasteiger charge is -2.24. The van der Waals surface area contributed by atoms with Gasteiger partial charge in [0.1, 0.15) is 6.61 Å². The van der Waals surface area contributed by atoms with Crippen LogP contribution in [0.4, 0.5) is 4.79 Å². The summed E-state index contributed by atoms with van der Waals surface area (Å²) in [4.78, 5) is 36.0. The number of carbonyl (C=O) groups excluding carboxylic acids is 2. The molecule has 7 heteroatoms. The minimum Gasteiger partial charge on any atom is -0.481 e. The van der Waals surface area contributed by atoms with E-state index in [2.05, 4.69) is 34.9 Å². The SMILES string of the molecule is C[C@@H](CC(=O)O)NC(=O)CC(CNC(=O)OCC1c2ccccc2-c2ccccc21)C1CCCC1. The van der Waals surface area contributed by atoms with Gasteiger partial charge < -0.3 is 20.5 Å². The van der Waals surface area contributed by atoms with Gasteiger partial charge in [0.15, 0.2) is 0 Å². The minimum absolute atomic E-state index is 0.000259. The maximum Gasteiger partial charge on any atom is 0.407 e. The predicted octanol–water partition coefficient (Wildman–Crippen LogP) is 4.70. The molecule has 2 atom stereocenters. The van der Waals surface area contributed by atoms with E-state index in [4.69, 9.17) is 9.84 Å². The fraction of sp³-hybridized carbons (Fsp3) is 0.464. The highest BCUT2D eigenvalue weighted by Gasteiger charge is 2.30. The standard InChI is InChI=1S/C28H34N2O5/c1-18(14-27(32)33)30-26(31)15-20(19-8-2-3-9-19)16-29-28(34)35-17-25-23-12-6-4-10-21(23)22-11-5-7-13-24(22)25/h4-7,10-13,18-20,25H,2-3,8-9,14-17H2,1H3,(H,29,34)(H,30,31)(H,32,33)/t18-,20?/m0/s1. The van der Waals surface area contributed by atoms with Crippen molar-refractivity contribution in [2.24, 2.45) is 11.8 Å². The van der Waals surface area contributed by atoms with Gasteiger partial charge in [0, 0.05) is 24.9 Å². The zero-order valence-corrected chi connectivity index (χ0v) is 20.2. The summed E-state index contributed by atoms with van der Waals surface area (Å²) in [5.41, 5.74) is 4.69. The molecule has 0 spiro atoms. The molecular formula is C28H34N2O5. The van der Waals surface area contributed by atoms with Crippen LogP contribution in [0.1, 0.15) is 62.5 Å². The van der Waals surface area contributed by atoms with E-state index < -0.39 is 18.1 Å². The van der Waals surface area contributed by atoms with Crippen molar-refractivity contribution < 1.29 is 24.2 Å². The molecule has 1 saturated carbocycles. The summed E-state index contributed by atoms with van der Waals surface area (Å²) < 4.78 is 5.65. The topological polar surface area (TPSA) is 105 Å². The van der Waals surface area contributed by atoms with Gasteiger partial charge in [0.2, 0.25) is 5.91 Å². The van der Waals surface area contributed by atoms with Crippen LogP contribution in [0.2, 0.25) is 0 Å². The first-order chi connectivity index (χ1) is 16.9. The fourth-order valence-corrected chi connectivity index (χ4v) is 5.58. The number of amides is 2. The van der Waals surface area contributed by atoms with E-state index in [1.54, 1.807) is 6.92 Å². The molecule has 2 aliphatic carbocycles. The van der Waals surface area contributed by atoms with Gasteiger partial charge in [-0.1, -0.05) is 74.2 Å². The predicted molar refractivity (Wildman–Crippen MR) is 133 cm³/mol. The van der Waals surface area contributed by atoms with Crippen LogP contribution >= 0.6 is 0 Å². The fourth-order valence-electron chi connectivity index (χ4n) is 5.58.